The molecule has 0 saturated carbocycles. The Morgan fingerprint density at radius 1 is 1.47 bits per heavy atom. The van der Waals surface area contributed by atoms with Crippen molar-refractivity contribution in [2.24, 2.45) is 0 Å². The van der Waals surface area contributed by atoms with E-state index >= 15 is 0 Å². The van der Waals surface area contributed by atoms with E-state index in [9.17, 15) is 8.42 Å². The van der Waals surface area contributed by atoms with E-state index in [-0.39, 0.29) is 17.1 Å². The van der Waals surface area contributed by atoms with E-state index in [1.165, 1.54) is 12.1 Å². The van der Waals surface area contributed by atoms with Crippen molar-refractivity contribution in [3.8, 4) is 6.07 Å². The highest BCUT2D eigenvalue weighted by Crippen LogP contribution is 2.20. The van der Waals surface area contributed by atoms with Crippen molar-refractivity contribution in [2.75, 3.05) is 5.75 Å². The van der Waals surface area contributed by atoms with Crippen molar-refractivity contribution < 1.29 is 12.8 Å². The molecule has 1 heterocycles. The largest absolute Gasteiger partial charge is 0.441 e. The van der Waals surface area contributed by atoms with Gasteiger partial charge in [-0.15, -0.1) is 0 Å². The Morgan fingerprint density at radius 3 is 2.94 bits per heavy atom. The molecule has 6 heteroatoms. The number of nitrogens with zero attached hydrogens (tertiary/aromatic N) is 2. The number of hydrogen-bond acceptors (Lipinski definition) is 5. The first-order valence-corrected chi connectivity index (χ1v) is 6.65. The molecular weight excluding hydrogens is 240 g/mol. The summed E-state index contributed by atoms with van der Waals surface area (Å²) in [5, 5.41) is 8.41. The van der Waals surface area contributed by atoms with Crippen LogP contribution in [0.2, 0.25) is 0 Å². The molecule has 5 nitrogen and oxygen atoms in total. The molecule has 88 valence electrons. The molecule has 2 aromatic rings. The highest BCUT2D eigenvalue weighted by molar-refractivity contribution is 7.91. The molecule has 0 amide bonds. The summed E-state index contributed by atoms with van der Waals surface area (Å²) in [5.41, 5.74) is 1.07. The average Bonchev–Trinajstić information content (AvgIpc) is 2.65. The van der Waals surface area contributed by atoms with Crippen molar-refractivity contribution in [3.63, 3.8) is 0 Å². The van der Waals surface area contributed by atoms with E-state index < -0.39 is 9.84 Å². The third kappa shape index (κ3) is 2.29. The zero-order valence-electron chi connectivity index (χ0n) is 9.17. The second-order valence-electron chi connectivity index (χ2n) is 3.59. The summed E-state index contributed by atoms with van der Waals surface area (Å²) in [5.74, 6) is 0.314. The van der Waals surface area contributed by atoms with Gasteiger partial charge in [-0.05, 0) is 12.1 Å². The van der Waals surface area contributed by atoms with Crippen molar-refractivity contribution >= 4 is 20.9 Å². The maximum Gasteiger partial charge on any atom is 0.192 e. The van der Waals surface area contributed by atoms with Crippen LogP contribution in [0.1, 0.15) is 12.3 Å². The van der Waals surface area contributed by atoms with E-state index in [4.69, 9.17) is 9.68 Å². The first kappa shape index (κ1) is 11.6. The summed E-state index contributed by atoms with van der Waals surface area (Å²) in [7, 11) is -3.41. The summed E-state index contributed by atoms with van der Waals surface area (Å²) < 4.78 is 28.9. The SMILES string of the molecule is Cc1nc2ccc(S(=O)(=O)CCC#N)cc2o1. The fraction of sp³-hybridized carbons (Fsp3) is 0.273. The van der Waals surface area contributed by atoms with Crippen molar-refractivity contribution in [3.05, 3.63) is 24.1 Å². The van der Waals surface area contributed by atoms with Gasteiger partial charge in [-0.2, -0.15) is 5.26 Å². The Balaban J connectivity index is 2.46. The minimum Gasteiger partial charge on any atom is -0.441 e. The van der Waals surface area contributed by atoms with Gasteiger partial charge in [0.25, 0.3) is 0 Å². The molecule has 17 heavy (non-hydrogen) atoms. The average molecular weight is 250 g/mol. The van der Waals surface area contributed by atoms with E-state index in [1.54, 1.807) is 13.0 Å². The molecule has 1 aromatic heterocycles. The maximum atomic E-state index is 11.8. The summed E-state index contributed by atoms with van der Waals surface area (Å²) in [6.45, 7) is 1.70. The van der Waals surface area contributed by atoms with Gasteiger partial charge < -0.3 is 4.42 Å². The van der Waals surface area contributed by atoms with Crippen LogP contribution in [0.3, 0.4) is 0 Å². The van der Waals surface area contributed by atoms with E-state index in [0.29, 0.717) is 17.0 Å². The topological polar surface area (TPSA) is 84.0 Å². The number of oxazole rings is 1. The van der Waals surface area contributed by atoms with Gasteiger partial charge in [-0.1, -0.05) is 0 Å². The van der Waals surface area contributed by atoms with Crippen LogP contribution < -0.4 is 0 Å². The summed E-state index contributed by atoms with van der Waals surface area (Å²) in [4.78, 5) is 4.25. The van der Waals surface area contributed by atoms with Crippen LogP contribution in [-0.2, 0) is 9.84 Å². The van der Waals surface area contributed by atoms with Crippen molar-refractivity contribution in [1.29, 1.82) is 5.26 Å². The van der Waals surface area contributed by atoms with Crippen LogP contribution in [0.5, 0.6) is 0 Å². The van der Waals surface area contributed by atoms with Gasteiger partial charge in [-0.3, -0.25) is 0 Å². The van der Waals surface area contributed by atoms with Crippen LogP contribution in [0, 0.1) is 18.3 Å². The second kappa shape index (κ2) is 4.18. The monoisotopic (exact) mass is 250 g/mol. The molecule has 0 unspecified atom stereocenters. The molecule has 0 aliphatic rings. The molecule has 0 fully saturated rings. The zero-order chi connectivity index (χ0) is 12.5. The van der Waals surface area contributed by atoms with Crippen molar-refractivity contribution in [2.45, 2.75) is 18.2 Å². The number of aromatic nitrogens is 1. The molecule has 0 radical (unpaired) electrons. The lowest BCUT2D eigenvalue weighted by molar-refractivity contribution is 0.559. The second-order valence-corrected chi connectivity index (χ2v) is 5.70. The first-order valence-electron chi connectivity index (χ1n) is 5.00. The molecule has 0 N–H and O–H groups in total. The Bertz CT molecular complexity index is 695. The number of nitriles is 1. The maximum absolute atomic E-state index is 11.8. The van der Waals surface area contributed by atoms with Crippen LogP contribution in [0.4, 0.5) is 0 Å². The van der Waals surface area contributed by atoms with Gasteiger partial charge in [0.05, 0.1) is 16.7 Å². The van der Waals surface area contributed by atoms with Gasteiger partial charge in [-0.25, -0.2) is 13.4 Å². The zero-order valence-corrected chi connectivity index (χ0v) is 9.99. The van der Waals surface area contributed by atoms with E-state index in [2.05, 4.69) is 4.98 Å². The number of benzene rings is 1. The van der Waals surface area contributed by atoms with E-state index in [0.717, 1.165) is 0 Å². The summed E-state index contributed by atoms with van der Waals surface area (Å²) in [6, 6.07) is 6.35. The minimum absolute atomic E-state index is 0.0181. The Labute approximate surface area is 98.6 Å². The first-order chi connectivity index (χ1) is 8.03. The standard InChI is InChI=1S/C11H10N2O3S/c1-8-13-10-4-3-9(7-11(10)16-8)17(14,15)6-2-5-12/h3-4,7H,2,6H2,1H3. The number of sulfone groups is 1. The molecule has 0 saturated heterocycles. The molecular formula is C11H10N2O3S. The van der Waals surface area contributed by atoms with Gasteiger partial charge in [0.15, 0.2) is 21.3 Å². The van der Waals surface area contributed by atoms with Gasteiger partial charge >= 0.3 is 0 Å². The smallest absolute Gasteiger partial charge is 0.192 e. The fourth-order valence-electron chi connectivity index (χ4n) is 1.51. The highest BCUT2D eigenvalue weighted by Gasteiger charge is 2.15. The third-order valence-electron chi connectivity index (χ3n) is 2.31. The molecule has 1 aromatic carbocycles. The number of aryl methyl sites for hydroxylation is 1. The molecule has 2 rings (SSSR count). The van der Waals surface area contributed by atoms with Crippen LogP contribution >= 0.6 is 0 Å². The third-order valence-corrected chi connectivity index (χ3v) is 4.02. The van der Waals surface area contributed by atoms with Crippen molar-refractivity contribution in [1.82, 2.24) is 4.98 Å². The fourth-order valence-corrected chi connectivity index (χ4v) is 2.67. The van der Waals surface area contributed by atoms with Gasteiger partial charge in [0.2, 0.25) is 0 Å². The minimum atomic E-state index is -3.41. The lowest BCUT2D eigenvalue weighted by Gasteiger charge is -2.00. The molecule has 0 aliphatic carbocycles. The van der Waals surface area contributed by atoms with Crippen LogP contribution in [-0.4, -0.2) is 19.2 Å². The molecule has 0 aliphatic heterocycles. The molecule has 0 spiro atoms. The van der Waals surface area contributed by atoms with E-state index in [1.807, 2.05) is 6.07 Å². The predicted molar refractivity (Wildman–Crippen MR) is 61.0 cm³/mol. The number of hydrogen-bond donors (Lipinski definition) is 0. The van der Waals surface area contributed by atoms with Crippen LogP contribution in [0.15, 0.2) is 27.5 Å². The quantitative estimate of drug-likeness (QED) is 0.829. The summed E-state index contributed by atoms with van der Waals surface area (Å²) >= 11 is 0. The highest BCUT2D eigenvalue weighted by atomic mass is 32.2. The van der Waals surface area contributed by atoms with Gasteiger partial charge in [0.1, 0.15) is 5.52 Å². The summed E-state index contributed by atoms with van der Waals surface area (Å²) in [6.07, 6.45) is -0.0181. The Hall–Kier alpha value is -1.87. The Morgan fingerprint density at radius 2 is 2.24 bits per heavy atom. The molecule has 0 atom stereocenters. The lowest BCUT2D eigenvalue weighted by Crippen LogP contribution is -2.05. The normalized spacial score (nSPS) is 11.5. The molecule has 0 bridgehead atoms. The Kier molecular flexibility index (Phi) is 2.86. The van der Waals surface area contributed by atoms with Crippen LogP contribution in [0.25, 0.3) is 11.1 Å². The van der Waals surface area contributed by atoms with Gasteiger partial charge in [0, 0.05) is 19.4 Å². The number of rotatable bonds is 3. The lowest BCUT2D eigenvalue weighted by atomic mass is 10.3. The predicted octanol–water partition coefficient (Wildman–Crippen LogP) is 1.82. The number of fused-ring (bicyclic) bond motifs is 1.